The lowest BCUT2D eigenvalue weighted by Crippen LogP contribution is -2.29. The first-order valence-electron chi connectivity index (χ1n) is 7.83. The normalized spacial score (nSPS) is 15.0. The Morgan fingerprint density at radius 2 is 1.88 bits per heavy atom. The first kappa shape index (κ1) is 15.4. The Balaban J connectivity index is 1.54. The van der Waals surface area contributed by atoms with Crippen LogP contribution in [-0.4, -0.2) is 20.7 Å². The molecule has 0 atom stereocenters. The van der Waals surface area contributed by atoms with Crippen LogP contribution in [0.4, 0.5) is 14.6 Å². The van der Waals surface area contributed by atoms with Crippen LogP contribution < -0.4 is 5.32 Å². The van der Waals surface area contributed by atoms with E-state index in [-0.39, 0.29) is 17.4 Å². The molecule has 7 heteroatoms. The summed E-state index contributed by atoms with van der Waals surface area (Å²) in [5.74, 6) is -0.795. The number of carbonyl (C=O) groups excluding carboxylic acids is 1. The molecule has 25 heavy (non-hydrogen) atoms. The van der Waals surface area contributed by atoms with Gasteiger partial charge in [-0.05, 0) is 49.2 Å². The van der Waals surface area contributed by atoms with Crippen molar-refractivity contribution in [1.82, 2.24) is 14.8 Å². The summed E-state index contributed by atoms with van der Waals surface area (Å²) in [4.78, 5) is 16.7. The van der Waals surface area contributed by atoms with Gasteiger partial charge in [0, 0.05) is 18.5 Å². The molecule has 0 bridgehead atoms. The topological polar surface area (TPSA) is 59.8 Å². The summed E-state index contributed by atoms with van der Waals surface area (Å²) >= 11 is 0. The van der Waals surface area contributed by atoms with Crippen LogP contribution in [0.3, 0.4) is 0 Å². The minimum Gasteiger partial charge on any atom is -0.308 e. The molecule has 0 spiro atoms. The highest BCUT2D eigenvalue weighted by Crippen LogP contribution is 2.48. The SMILES string of the molecule is O=C(Nc1ccn(-c2ccc(F)cc2)n1)C1(c2ncccc2F)CC1. The van der Waals surface area contributed by atoms with Crippen molar-refractivity contribution in [3.05, 3.63) is 72.2 Å². The molecule has 1 amide bonds. The summed E-state index contributed by atoms with van der Waals surface area (Å²) in [6.45, 7) is 0. The van der Waals surface area contributed by atoms with E-state index in [0.717, 1.165) is 0 Å². The summed E-state index contributed by atoms with van der Waals surface area (Å²) in [5, 5.41) is 6.98. The predicted molar refractivity (Wildman–Crippen MR) is 87.3 cm³/mol. The second kappa shape index (κ2) is 5.77. The zero-order chi connectivity index (χ0) is 17.4. The van der Waals surface area contributed by atoms with E-state index in [1.54, 1.807) is 24.4 Å². The highest BCUT2D eigenvalue weighted by atomic mass is 19.1. The first-order valence-corrected chi connectivity index (χ1v) is 7.83. The fraction of sp³-hybridized carbons (Fsp3) is 0.167. The van der Waals surface area contributed by atoms with E-state index < -0.39 is 11.2 Å². The number of anilines is 1. The van der Waals surface area contributed by atoms with Crippen molar-refractivity contribution in [2.45, 2.75) is 18.3 Å². The van der Waals surface area contributed by atoms with E-state index in [1.807, 2.05) is 0 Å². The summed E-state index contributed by atoms with van der Waals surface area (Å²) in [6.07, 6.45) is 4.23. The van der Waals surface area contributed by atoms with Crippen LogP contribution in [-0.2, 0) is 10.2 Å². The summed E-state index contributed by atoms with van der Waals surface area (Å²) in [6, 6.07) is 10.3. The predicted octanol–water partition coefficient (Wildman–Crippen LogP) is 3.22. The molecule has 0 radical (unpaired) electrons. The molecule has 1 aliphatic carbocycles. The summed E-state index contributed by atoms with van der Waals surface area (Å²) in [7, 11) is 0. The number of nitrogens with zero attached hydrogens (tertiary/aromatic N) is 3. The van der Waals surface area contributed by atoms with E-state index >= 15 is 0 Å². The molecule has 1 N–H and O–H groups in total. The van der Waals surface area contributed by atoms with E-state index in [2.05, 4.69) is 15.4 Å². The van der Waals surface area contributed by atoms with Crippen molar-refractivity contribution in [2.24, 2.45) is 0 Å². The molecular weight excluding hydrogens is 326 g/mol. The Morgan fingerprint density at radius 1 is 1.12 bits per heavy atom. The molecule has 0 aliphatic heterocycles. The quantitative estimate of drug-likeness (QED) is 0.793. The maximum atomic E-state index is 14.0. The second-order valence-electron chi connectivity index (χ2n) is 5.99. The van der Waals surface area contributed by atoms with Crippen molar-refractivity contribution in [1.29, 1.82) is 0 Å². The zero-order valence-electron chi connectivity index (χ0n) is 13.1. The molecular formula is C18H14F2N4O. The number of amides is 1. The third-order valence-electron chi connectivity index (χ3n) is 4.32. The van der Waals surface area contributed by atoms with Crippen LogP contribution in [0.5, 0.6) is 0 Å². The van der Waals surface area contributed by atoms with Gasteiger partial charge in [0.25, 0.3) is 0 Å². The van der Waals surface area contributed by atoms with Gasteiger partial charge in [-0.25, -0.2) is 13.5 Å². The number of benzene rings is 1. The fourth-order valence-corrected chi connectivity index (χ4v) is 2.80. The Bertz CT molecular complexity index is 932. The molecule has 3 aromatic rings. The van der Waals surface area contributed by atoms with Gasteiger partial charge in [-0.15, -0.1) is 0 Å². The Labute approximate surface area is 142 Å². The van der Waals surface area contributed by atoms with Gasteiger partial charge >= 0.3 is 0 Å². The third-order valence-corrected chi connectivity index (χ3v) is 4.32. The lowest BCUT2D eigenvalue weighted by molar-refractivity contribution is -0.118. The number of carbonyl (C=O) groups is 1. The van der Waals surface area contributed by atoms with Gasteiger partial charge in [0.05, 0.1) is 16.8 Å². The van der Waals surface area contributed by atoms with E-state index in [1.165, 1.54) is 35.1 Å². The molecule has 4 rings (SSSR count). The van der Waals surface area contributed by atoms with Crippen molar-refractivity contribution in [3.8, 4) is 5.69 Å². The molecule has 1 aliphatic rings. The number of halogens is 2. The summed E-state index contributed by atoms with van der Waals surface area (Å²) < 4.78 is 28.5. The largest absolute Gasteiger partial charge is 0.308 e. The first-order chi connectivity index (χ1) is 12.1. The number of hydrogen-bond donors (Lipinski definition) is 1. The number of pyridine rings is 1. The lowest BCUT2D eigenvalue weighted by atomic mass is 10.00. The Hall–Kier alpha value is -3.09. The number of aromatic nitrogens is 3. The molecule has 2 aromatic heterocycles. The van der Waals surface area contributed by atoms with Gasteiger partial charge in [0.15, 0.2) is 5.82 Å². The van der Waals surface area contributed by atoms with Crippen molar-refractivity contribution in [2.75, 3.05) is 5.32 Å². The molecule has 0 unspecified atom stereocenters. The van der Waals surface area contributed by atoms with Crippen LogP contribution in [0.15, 0.2) is 54.9 Å². The van der Waals surface area contributed by atoms with Crippen molar-refractivity contribution in [3.63, 3.8) is 0 Å². The maximum absolute atomic E-state index is 14.0. The molecule has 5 nitrogen and oxygen atoms in total. The molecule has 126 valence electrons. The van der Waals surface area contributed by atoms with E-state index in [9.17, 15) is 13.6 Å². The summed E-state index contributed by atoms with van der Waals surface area (Å²) in [5.41, 5.74) is -0.0883. The van der Waals surface area contributed by atoms with E-state index in [0.29, 0.717) is 24.3 Å². The number of hydrogen-bond acceptors (Lipinski definition) is 3. The van der Waals surface area contributed by atoms with Crippen LogP contribution in [0.25, 0.3) is 5.69 Å². The van der Waals surface area contributed by atoms with Crippen LogP contribution in [0.2, 0.25) is 0 Å². The minimum atomic E-state index is -0.926. The van der Waals surface area contributed by atoms with Gasteiger partial charge in [0.2, 0.25) is 5.91 Å². The number of nitrogens with one attached hydrogen (secondary N) is 1. The maximum Gasteiger partial charge on any atom is 0.237 e. The molecule has 1 aromatic carbocycles. The standard InChI is InChI=1S/C18H14F2N4O/c19-12-3-5-13(6-4-12)24-11-7-15(23-24)22-17(25)18(8-9-18)16-14(20)2-1-10-21-16/h1-7,10-11H,8-9H2,(H,22,23,25). The van der Waals surface area contributed by atoms with Crippen LogP contribution >= 0.6 is 0 Å². The number of rotatable bonds is 4. The molecule has 2 heterocycles. The van der Waals surface area contributed by atoms with Gasteiger partial charge in [-0.2, -0.15) is 5.10 Å². The highest BCUT2D eigenvalue weighted by Gasteiger charge is 2.54. The lowest BCUT2D eigenvalue weighted by Gasteiger charge is -2.14. The van der Waals surface area contributed by atoms with Gasteiger partial charge in [-0.1, -0.05) is 0 Å². The zero-order valence-corrected chi connectivity index (χ0v) is 13.1. The Morgan fingerprint density at radius 3 is 2.56 bits per heavy atom. The average molecular weight is 340 g/mol. The van der Waals surface area contributed by atoms with Crippen molar-refractivity contribution < 1.29 is 13.6 Å². The molecule has 1 fully saturated rings. The minimum absolute atomic E-state index is 0.172. The third kappa shape index (κ3) is 2.77. The fourth-order valence-electron chi connectivity index (χ4n) is 2.80. The van der Waals surface area contributed by atoms with Gasteiger partial charge in [0.1, 0.15) is 11.6 Å². The van der Waals surface area contributed by atoms with E-state index in [4.69, 9.17) is 0 Å². The monoisotopic (exact) mass is 340 g/mol. The molecule has 0 saturated heterocycles. The average Bonchev–Trinajstić information content (AvgIpc) is 3.29. The second-order valence-corrected chi connectivity index (χ2v) is 5.99. The smallest absolute Gasteiger partial charge is 0.237 e. The van der Waals surface area contributed by atoms with Crippen LogP contribution in [0.1, 0.15) is 18.5 Å². The molecule has 1 saturated carbocycles. The van der Waals surface area contributed by atoms with Gasteiger partial charge in [-0.3, -0.25) is 9.78 Å². The Kier molecular flexibility index (Phi) is 3.56. The van der Waals surface area contributed by atoms with Crippen LogP contribution in [0, 0.1) is 11.6 Å². The van der Waals surface area contributed by atoms with Gasteiger partial charge < -0.3 is 5.32 Å². The van der Waals surface area contributed by atoms with Crippen molar-refractivity contribution >= 4 is 11.7 Å². The highest BCUT2D eigenvalue weighted by molar-refractivity contribution is 6.00.